The Morgan fingerprint density at radius 3 is 2.22 bits per heavy atom. The van der Waals surface area contributed by atoms with Gasteiger partial charge in [-0.1, -0.05) is 69.6 Å². The van der Waals surface area contributed by atoms with Crippen molar-refractivity contribution in [3.05, 3.63) is 77.3 Å². The lowest BCUT2D eigenvalue weighted by molar-refractivity contribution is -0.204. The molecule has 55 heavy (non-hydrogen) atoms. The molecule has 4 N–H and O–H groups in total. The Kier molecular flexibility index (Phi) is 17.0. The van der Waals surface area contributed by atoms with Gasteiger partial charge in [0, 0.05) is 29.4 Å². The summed E-state index contributed by atoms with van der Waals surface area (Å²) in [5.74, 6) is 0.154. The van der Waals surface area contributed by atoms with Gasteiger partial charge in [-0.25, -0.2) is 14.4 Å². The number of amides is 1. The molecule has 0 unspecified atom stereocenters. The monoisotopic (exact) mass is 789 g/mol. The number of rotatable bonds is 12. The number of benzene rings is 2. The van der Waals surface area contributed by atoms with Crippen LogP contribution in [0.3, 0.4) is 0 Å². The number of nitrogens with two attached hydrogens (primary N) is 1. The first-order valence-electron chi connectivity index (χ1n) is 17.0. The summed E-state index contributed by atoms with van der Waals surface area (Å²) >= 11 is 6.38. The lowest BCUT2D eigenvalue weighted by atomic mass is 9.96. The average Bonchev–Trinajstić information content (AvgIpc) is 3.92. The number of H-pyrrole nitrogens is 1. The molecule has 1 aliphatic heterocycles. The smallest absolute Gasteiger partial charge is 0.393 e. The summed E-state index contributed by atoms with van der Waals surface area (Å²) in [5.41, 5.74) is 8.25. The third-order valence-electron chi connectivity index (χ3n) is 8.17. The number of guanidine groups is 1. The van der Waals surface area contributed by atoms with Gasteiger partial charge in [-0.05, 0) is 56.1 Å². The van der Waals surface area contributed by atoms with E-state index in [-0.39, 0.29) is 30.7 Å². The van der Waals surface area contributed by atoms with Crippen molar-refractivity contribution in [2.24, 2.45) is 16.1 Å². The van der Waals surface area contributed by atoms with Crippen LogP contribution in [0.2, 0.25) is 5.02 Å². The Morgan fingerprint density at radius 2 is 1.73 bits per heavy atom. The third kappa shape index (κ3) is 12.6. The molecule has 0 spiro atoms. The minimum atomic E-state index is -4.06. The molecule has 0 bridgehead atoms. The van der Waals surface area contributed by atoms with E-state index >= 15 is 0 Å². The van der Waals surface area contributed by atoms with E-state index in [2.05, 4.69) is 50.4 Å². The summed E-state index contributed by atoms with van der Waals surface area (Å²) in [7, 11) is 1.75. The summed E-state index contributed by atoms with van der Waals surface area (Å²) in [6.45, 7) is 9.89. The van der Waals surface area contributed by atoms with Gasteiger partial charge in [0.05, 0.1) is 22.7 Å². The number of nitrogens with one attached hydrogen (secondary N) is 2. The van der Waals surface area contributed by atoms with E-state index in [0.29, 0.717) is 34.0 Å². The molecule has 0 saturated heterocycles. The molecule has 3 heterocycles. The van der Waals surface area contributed by atoms with Crippen LogP contribution >= 0.6 is 11.6 Å². The maximum Gasteiger partial charge on any atom is 0.393 e. The molecule has 1 amide bonds. The highest BCUT2D eigenvalue weighted by molar-refractivity contribution is 6.33. The van der Waals surface area contributed by atoms with Crippen molar-refractivity contribution in [3.8, 4) is 35.4 Å². The van der Waals surface area contributed by atoms with Crippen LogP contribution in [0.15, 0.2) is 66.2 Å². The van der Waals surface area contributed by atoms with Crippen LogP contribution in [0.25, 0.3) is 22.5 Å². The fourth-order valence-corrected chi connectivity index (χ4v) is 4.74. The Hall–Kier alpha value is -5.27. The van der Waals surface area contributed by atoms with E-state index in [4.69, 9.17) is 22.1 Å². The molecule has 5 rings (SSSR count). The highest BCUT2D eigenvalue weighted by Crippen LogP contribution is 2.37. The summed E-state index contributed by atoms with van der Waals surface area (Å²) in [6.07, 6.45) is 10.1. The van der Waals surface area contributed by atoms with Crippen molar-refractivity contribution in [2.45, 2.75) is 78.3 Å². The molecule has 0 saturated carbocycles. The summed E-state index contributed by atoms with van der Waals surface area (Å²) in [6, 6.07) is 11.2. The molecule has 2 atom stereocenters. The molecule has 2 aromatic heterocycles. The summed E-state index contributed by atoms with van der Waals surface area (Å²) in [4.78, 5) is 34.6. The van der Waals surface area contributed by atoms with Crippen molar-refractivity contribution in [1.29, 1.82) is 0 Å². The van der Waals surface area contributed by atoms with Crippen molar-refractivity contribution in [1.82, 2.24) is 35.2 Å². The molecular formula is C38H48ClF4N9O3. The number of carbonyl (C=O) groups is 2. The van der Waals surface area contributed by atoms with Crippen molar-refractivity contribution in [2.75, 3.05) is 20.3 Å². The van der Waals surface area contributed by atoms with Crippen molar-refractivity contribution < 1.29 is 31.9 Å². The molecule has 2 aromatic carbocycles. The quantitative estimate of drug-likeness (QED) is 0.0767. The Labute approximate surface area is 323 Å². The predicted octanol–water partition coefficient (Wildman–Crippen LogP) is 7.31. The molecule has 4 aromatic rings. The minimum absolute atomic E-state index is 0.0283. The molecule has 298 valence electrons. The third-order valence-corrected chi connectivity index (χ3v) is 8.50. The molecule has 0 radical (unpaired) electrons. The fourth-order valence-electron chi connectivity index (χ4n) is 4.53. The van der Waals surface area contributed by atoms with E-state index in [0.717, 1.165) is 44.9 Å². The number of carbonyl (C=O) groups excluding carboxylic acids is 2. The first-order chi connectivity index (χ1) is 25.9. The first-order valence-corrected chi connectivity index (χ1v) is 17.4. The second-order valence-corrected chi connectivity index (χ2v) is 14.2. The zero-order valence-corrected chi connectivity index (χ0v) is 32.6. The minimum Gasteiger partial charge on any atom is -0.465 e. The van der Waals surface area contributed by atoms with Gasteiger partial charge in [0.1, 0.15) is 19.6 Å². The Balaban J connectivity index is 0.000000516. The number of halogens is 5. The number of nitrogens with zero attached hydrogens (tertiary/aromatic N) is 6. The van der Waals surface area contributed by atoms with Crippen LogP contribution in [-0.2, 0) is 20.9 Å². The lowest BCUT2D eigenvalue weighted by Crippen LogP contribution is -2.42. The number of aryl methyl sites for hydroxylation is 1. The van der Waals surface area contributed by atoms with Gasteiger partial charge in [-0.3, -0.25) is 24.3 Å². The van der Waals surface area contributed by atoms with Gasteiger partial charge >= 0.3 is 6.18 Å². The van der Waals surface area contributed by atoms with Crippen LogP contribution in [-0.4, -0.2) is 80.2 Å². The highest BCUT2D eigenvalue weighted by atomic mass is 35.5. The molecule has 17 heteroatoms. The molecule has 1 aliphatic rings. The van der Waals surface area contributed by atoms with Crippen molar-refractivity contribution >= 4 is 29.9 Å². The molecule has 0 aliphatic carbocycles. The number of aliphatic imine (C=N–C) groups is 1. The van der Waals surface area contributed by atoms with Gasteiger partial charge in [0.15, 0.2) is 17.8 Å². The molecular weight excluding hydrogens is 742 g/mol. The number of ether oxygens (including phenoxy) is 1. The van der Waals surface area contributed by atoms with Crippen LogP contribution in [0.4, 0.5) is 17.6 Å². The number of aromatic amines is 1. The van der Waals surface area contributed by atoms with Crippen LogP contribution < -0.4 is 11.1 Å². The zero-order chi connectivity index (χ0) is 41.6. The SMILES string of the molecule is C#C.CC(C)(C)C(F)(F)F.CCCn1cc(-c2ccc([C@H]3N=C(N)N([C@H](COC=O)c4ccc(Cl)c(-c5ncn[nH]5)c4)C3=O)cc2)cn1.CNC(C)(C)CF. The molecule has 12 nitrogen and oxygen atoms in total. The van der Waals surface area contributed by atoms with E-state index in [1.165, 1.54) is 11.2 Å². The fraction of sp³-hybridized carbons (Fsp3) is 0.421. The van der Waals surface area contributed by atoms with Crippen LogP contribution in [0.1, 0.15) is 71.2 Å². The van der Waals surface area contributed by atoms with E-state index in [1.54, 1.807) is 25.2 Å². The van der Waals surface area contributed by atoms with Gasteiger partial charge in [0.2, 0.25) is 0 Å². The lowest BCUT2D eigenvalue weighted by Gasteiger charge is -2.28. The normalized spacial score (nSPS) is 14.7. The van der Waals surface area contributed by atoms with E-state index < -0.39 is 23.7 Å². The van der Waals surface area contributed by atoms with Gasteiger partial charge in [-0.15, -0.1) is 12.8 Å². The number of hydrogen-bond acceptors (Lipinski definition) is 9. The highest BCUT2D eigenvalue weighted by Gasteiger charge is 2.43. The second kappa shape index (κ2) is 20.4. The number of alkyl halides is 4. The van der Waals surface area contributed by atoms with Crippen LogP contribution in [0.5, 0.6) is 0 Å². The van der Waals surface area contributed by atoms with E-state index in [9.17, 15) is 27.2 Å². The van der Waals surface area contributed by atoms with Crippen LogP contribution in [0, 0.1) is 18.3 Å². The molecule has 0 fully saturated rings. The van der Waals surface area contributed by atoms with Gasteiger partial charge in [-0.2, -0.15) is 23.4 Å². The second-order valence-electron chi connectivity index (χ2n) is 13.7. The largest absolute Gasteiger partial charge is 0.465 e. The average molecular weight is 790 g/mol. The zero-order valence-electron chi connectivity index (χ0n) is 31.9. The summed E-state index contributed by atoms with van der Waals surface area (Å²) in [5, 5.41) is 14.3. The standard InChI is InChI=1S/C26H25ClN8O3.C5H9F3.C5H12FN.C2H2/c1-2-9-34-12-19(11-31-34)16-3-5-17(6-4-16)23-25(37)35(26(28)32-23)22(13-38-15-36)18-7-8-21(27)20(10-18)24-29-14-30-33-24;1-4(2,3)5(6,7)8;1-5(2,4-6)7-3;1-2/h3-8,10-12,14-15,22-23H,2,9,13H2,1H3,(H2,28,32)(H,29,30,33);1-3H3;7H,4H2,1-3H3;1-2H/t22-,23-;;;/m1.../s1. The topological polar surface area (TPSA) is 156 Å². The first kappa shape index (κ1) is 45.9. The van der Waals surface area contributed by atoms with Gasteiger partial charge in [0.25, 0.3) is 12.4 Å². The Morgan fingerprint density at radius 1 is 1.09 bits per heavy atom. The predicted molar refractivity (Wildman–Crippen MR) is 205 cm³/mol. The van der Waals surface area contributed by atoms with Crippen molar-refractivity contribution in [3.63, 3.8) is 0 Å². The van der Waals surface area contributed by atoms with E-state index in [1.807, 2.05) is 55.2 Å². The summed E-state index contributed by atoms with van der Waals surface area (Å²) < 4.78 is 53.4. The Bertz CT molecular complexity index is 1830. The number of terminal acetylenes is 1. The maximum absolute atomic E-state index is 13.6. The van der Waals surface area contributed by atoms with Gasteiger partial charge < -0.3 is 15.8 Å². The number of aromatic nitrogens is 5. The number of hydrogen-bond donors (Lipinski definition) is 3. The maximum atomic E-state index is 13.6.